The van der Waals surface area contributed by atoms with Gasteiger partial charge in [0.25, 0.3) is 0 Å². The standard InChI is InChI=1S/C16H20FNO5/c17-11-3-5-13(6-4-11)23-14(16(20)21)10-18-15(19)8-7-12-2-1-9-22-12/h3-6,12,14H,1-2,7-10H2,(H,18,19)(H,20,21). The lowest BCUT2D eigenvalue weighted by atomic mass is 10.1. The Balaban J connectivity index is 1.76. The number of carboxylic acid groups (broad SMARTS) is 1. The second-order valence-electron chi connectivity index (χ2n) is 5.38. The van der Waals surface area contributed by atoms with Gasteiger partial charge in [-0.1, -0.05) is 0 Å². The summed E-state index contributed by atoms with van der Waals surface area (Å²) in [6.07, 6.45) is 1.77. The molecule has 1 aromatic rings. The highest BCUT2D eigenvalue weighted by atomic mass is 19.1. The molecule has 7 heteroatoms. The van der Waals surface area contributed by atoms with Gasteiger partial charge in [-0.2, -0.15) is 0 Å². The molecule has 126 valence electrons. The first-order valence-corrected chi connectivity index (χ1v) is 7.58. The van der Waals surface area contributed by atoms with Crippen LogP contribution in [0.25, 0.3) is 0 Å². The topological polar surface area (TPSA) is 84.9 Å². The van der Waals surface area contributed by atoms with Crippen molar-refractivity contribution in [3.05, 3.63) is 30.1 Å². The molecule has 1 aromatic carbocycles. The Morgan fingerprint density at radius 3 is 2.74 bits per heavy atom. The van der Waals surface area contributed by atoms with Gasteiger partial charge >= 0.3 is 5.97 Å². The molecule has 1 aliphatic rings. The number of rotatable bonds is 8. The number of aliphatic carboxylic acids is 1. The van der Waals surface area contributed by atoms with E-state index in [1.54, 1.807) is 0 Å². The van der Waals surface area contributed by atoms with E-state index in [4.69, 9.17) is 14.6 Å². The smallest absolute Gasteiger partial charge is 0.346 e. The second-order valence-corrected chi connectivity index (χ2v) is 5.38. The Labute approximate surface area is 133 Å². The van der Waals surface area contributed by atoms with E-state index in [1.165, 1.54) is 24.3 Å². The fourth-order valence-electron chi connectivity index (χ4n) is 2.32. The summed E-state index contributed by atoms with van der Waals surface area (Å²) in [6, 6.07) is 5.03. The second kappa shape index (κ2) is 8.47. The number of hydrogen-bond donors (Lipinski definition) is 2. The minimum absolute atomic E-state index is 0.117. The Hall–Kier alpha value is -2.15. The van der Waals surface area contributed by atoms with Gasteiger partial charge in [0, 0.05) is 13.0 Å². The largest absolute Gasteiger partial charge is 0.478 e. The van der Waals surface area contributed by atoms with Crippen molar-refractivity contribution >= 4 is 11.9 Å². The third-order valence-electron chi connectivity index (χ3n) is 3.57. The van der Waals surface area contributed by atoms with Crippen LogP contribution in [-0.4, -0.2) is 42.3 Å². The van der Waals surface area contributed by atoms with Gasteiger partial charge in [-0.05, 0) is 43.5 Å². The molecule has 2 unspecified atom stereocenters. The van der Waals surface area contributed by atoms with Gasteiger partial charge in [-0.3, -0.25) is 4.79 Å². The van der Waals surface area contributed by atoms with Crippen LogP contribution in [0.3, 0.4) is 0 Å². The SMILES string of the molecule is O=C(CCC1CCCO1)NCC(Oc1ccc(F)cc1)C(=O)O. The van der Waals surface area contributed by atoms with Gasteiger partial charge in [-0.15, -0.1) is 0 Å². The van der Waals surface area contributed by atoms with Crippen LogP contribution in [0, 0.1) is 5.82 Å². The van der Waals surface area contributed by atoms with Crippen molar-refractivity contribution in [3.63, 3.8) is 0 Å². The van der Waals surface area contributed by atoms with Crippen LogP contribution in [-0.2, 0) is 14.3 Å². The highest BCUT2D eigenvalue weighted by Crippen LogP contribution is 2.16. The molecule has 2 atom stereocenters. The first-order chi connectivity index (χ1) is 11.0. The summed E-state index contributed by atoms with van der Waals surface area (Å²) in [4.78, 5) is 22.9. The number of carbonyl (C=O) groups excluding carboxylic acids is 1. The van der Waals surface area contributed by atoms with Gasteiger partial charge in [0.05, 0.1) is 12.6 Å². The van der Waals surface area contributed by atoms with Gasteiger partial charge in [0.15, 0.2) is 0 Å². The summed E-state index contributed by atoms with van der Waals surface area (Å²) in [7, 11) is 0. The predicted octanol–water partition coefficient (Wildman–Crippen LogP) is 1.73. The number of carbonyl (C=O) groups is 2. The van der Waals surface area contributed by atoms with Crippen molar-refractivity contribution < 1.29 is 28.6 Å². The molecule has 0 bridgehead atoms. The molecule has 2 N–H and O–H groups in total. The van der Waals surface area contributed by atoms with Gasteiger partial charge < -0.3 is 19.9 Å². The van der Waals surface area contributed by atoms with Crippen LogP contribution in [0.4, 0.5) is 4.39 Å². The third kappa shape index (κ3) is 5.86. The molecule has 0 aliphatic carbocycles. The van der Waals surface area contributed by atoms with Crippen LogP contribution < -0.4 is 10.1 Å². The summed E-state index contributed by atoms with van der Waals surface area (Å²) < 4.78 is 23.5. The highest BCUT2D eigenvalue weighted by Gasteiger charge is 2.21. The first kappa shape index (κ1) is 17.2. The maximum Gasteiger partial charge on any atom is 0.346 e. The Bertz CT molecular complexity index is 528. The van der Waals surface area contributed by atoms with Crippen molar-refractivity contribution in [3.8, 4) is 5.75 Å². The molecule has 1 fully saturated rings. The van der Waals surface area contributed by atoms with Crippen LogP contribution >= 0.6 is 0 Å². The normalized spacial score (nSPS) is 18.4. The van der Waals surface area contributed by atoms with Gasteiger partial charge in [0.1, 0.15) is 11.6 Å². The van der Waals surface area contributed by atoms with E-state index >= 15 is 0 Å². The number of ether oxygens (including phenoxy) is 2. The van der Waals surface area contributed by atoms with E-state index in [9.17, 15) is 14.0 Å². The molecular weight excluding hydrogens is 305 g/mol. The molecular formula is C16H20FNO5. The molecule has 0 aromatic heterocycles. The molecule has 0 saturated carbocycles. The van der Waals surface area contributed by atoms with Crippen LogP contribution in [0.5, 0.6) is 5.75 Å². The molecule has 1 amide bonds. The lowest BCUT2D eigenvalue weighted by molar-refractivity contribution is -0.145. The maximum absolute atomic E-state index is 12.8. The zero-order valence-corrected chi connectivity index (χ0v) is 12.7. The lowest BCUT2D eigenvalue weighted by Gasteiger charge is -2.16. The Kier molecular flexibility index (Phi) is 6.34. The molecule has 6 nitrogen and oxygen atoms in total. The number of nitrogens with one attached hydrogen (secondary N) is 1. The molecule has 23 heavy (non-hydrogen) atoms. The van der Waals surface area contributed by atoms with E-state index in [-0.39, 0.29) is 30.7 Å². The number of halogens is 1. The zero-order valence-electron chi connectivity index (χ0n) is 12.7. The van der Waals surface area contributed by atoms with E-state index in [0.717, 1.165) is 19.4 Å². The summed E-state index contributed by atoms with van der Waals surface area (Å²) in [5.74, 6) is -1.65. The number of benzene rings is 1. The Morgan fingerprint density at radius 2 is 2.13 bits per heavy atom. The van der Waals surface area contributed by atoms with Crippen molar-refractivity contribution in [2.45, 2.75) is 37.9 Å². The zero-order chi connectivity index (χ0) is 16.7. The van der Waals surface area contributed by atoms with Crippen molar-refractivity contribution in [2.24, 2.45) is 0 Å². The van der Waals surface area contributed by atoms with Crippen LogP contribution in [0.15, 0.2) is 24.3 Å². The van der Waals surface area contributed by atoms with Gasteiger partial charge in [-0.25, -0.2) is 9.18 Å². The summed E-state index contributed by atoms with van der Waals surface area (Å²) in [5, 5.41) is 11.7. The Morgan fingerprint density at radius 1 is 1.39 bits per heavy atom. The van der Waals surface area contributed by atoms with Crippen molar-refractivity contribution in [1.82, 2.24) is 5.32 Å². The van der Waals surface area contributed by atoms with E-state index in [0.29, 0.717) is 6.42 Å². The fourth-order valence-corrected chi connectivity index (χ4v) is 2.32. The van der Waals surface area contributed by atoms with Crippen LogP contribution in [0.1, 0.15) is 25.7 Å². The fraction of sp³-hybridized carbons (Fsp3) is 0.500. The maximum atomic E-state index is 12.8. The lowest BCUT2D eigenvalue weighted by Crippen LogP contribution is -2.40. The summed E-state index contributed by atoms with van der Waals surface area (Å²) >= 11 is 0. The summed E-state index contributed by atoms with van der Waals surface area (Å²) in [6.45, 7) is 0.579. The van der Waals surface area contributed by atoms with Crippen molar-refractivity contribution in [2.75, 3.05) is 13.2 Å². The average Bonchev–Trinajstić information content (AvgIpc) is 3.04. The molecule has 0 spiro atoms. The molecule has 1 saturated heterocycles. The monoisotopic (exact) mass is 325 g/mol. The third-order valence-corrected chi connectivity index (χ3v) is 3.57. The van der Waals surface area contributed by atoms with E-state index in [1.807, 2.05) is 0 Å². The number of hydrogen-bond acceptors (Lipinski definition) is 4. The minimum atomic E-state index is -1.23. The minimum Gasteiger partial charge on any atom is -0.478 e. The van der Waals surface area contributed by atoms with Crippen LogP contribution in [0.2, 0.25) is 0 Å². The number of carboxylic acids is 1. The van der Waals surface area contributed by atoms with Gasteiger partial charge in [0.2, 0.25) is 12.0 Å². The molecule has 2 rings (SSSR count). The molecule has 1 aliphatic heterocycles. The quantitative estimate of drug-likeness (QED) is 0.760. The van der Waals surface area contributed by atoms with E-state index in [2.05, 4.69) is 5.32 Å². The van der Waals surface area contributed by atoms with E-state index < -0.39 is 17.9 Å². The average molecular weight is 325 g/mol. The molecule has 1 heterocycles. The summed E-state index contributed by atoms with van der Waals surface area (Å²) in [5.41, 5.74) is 0. The number of amides is 1. The highest BCUT2D eigenvalue weighted by molar-refractivity contribution is 5.78. The molecule has 0 radical (unpaired) electrons. The first-order valence-electron chi connectivity index (χ1n) is 7.58. The predicted molar refractivity (Wildman–Crippen MR) is 79.7 cm³/mol. The van der Waals surface area contributed by atoms with Crippen molar-refractivity contribution in [1.29, 1.82) is 0 Å².